The molecule has 1 aliphatic carbocycles. The molecule has 2 unspecified atom stereocenters. The molecule has 2 rings (SSSR count). The largest absolute Gasteiger partial charge is 0.328 e. The molecule has 0 aromatic heterocycles. The molecule has 0 amide bonds. The van der Waals surface area contributed by atoms with Crippen LogP contribution in [0.15, 0.2) is 23.1 Å². The highest BCUT2D eigenvalue weighted by Crippen LogP contribution is 2.33. The average molecular weight is 308 g/mol. The van der Waals surface area contributed by atoms with Crippen molar-refractivity contribution in [1.82, 2.24) is 0 Å². The van der Waals surface area contributed by atoms with Gasteiger partial charge in [-0.3, -0.25) is 0 Å². The summed E-state index contributed by atoms with van der Waals surface area (Å²) in [6.45, 7) is 0. The average Bonchev–Trinajstić information content (AvgIpc) is 2.32. The third kappa shape index (κ3) is 2.82. The van der Waals surface area contributed by atoms with Crippen LogP contribution in [0, 0.1) is 0 Å². The summed E-state index contributed by atoms with van der Waals surface area (Å²) in [6.07, 6.45) is 2.85. The van der Waals surface area contributed by atoms with E-state index in [0.29, 0.717) is 17.9 Å². The Bertz CT molecular complexity index is 545. The number of rotatable bonds is 2. The molecule has 0 bridgehead atoms. The first-order valence-electron chi connectivity index (χ1n) is 5.86. The Labute approximate surface area is 117 Å². The van der Waals surface area contributed by atoms with Crippen molar-refractivity contribution >= 4 is 33.0 Å². The number of hydrogen-bond acceptors (Lipinski definition) is 3. The van der Waals surface area contributed by atoms with Gasteiger partial charge in [0.15, 0.2) is 9.84 Å². The van der Waals surface area contributed by atoms with Gasteiger partial charge < -0.3 is 5.73 Å². The fourth-order valence-electron chi connectivity index (χ4n) is 2.34. The van der Waals surface area contributed by atoms with Crippen molar-refractivity contribution in [1.29, 1.82) is 0 Å². The highest BCUT2D eigenvalue weighted by Gasteiger charge is 2.33. The van der Waals surface area contributed by atoms with Gasteiger partial charge in [0.2, 0.25) is 0 Å². The van der Waals surface area contributed by atoms with Gasteiger partial charge >= 0.3 is 0 Å². The second-order valence-electron chi connectivity index (χ2n) is 4.67. The normalized spacial score (nSPS) is 25.1. The summed E-state index contributed by atoms with van der Waals surface area (Å²) in [6, 6.07) is 4.46. The molecule has 0 heterocycles. The van der Waals surface area contributed by atoms with Gasteiger partial charge in [0, 0.05) is 11.1 Å². The molecule has 0 radical (unpaired) electrons. The summed E-state index contributed by atoms with van der Waals surface area (Å²) < 4.78 is 25.0. The van der Waals surface area contributed by atoms with Gasteiger partial charge in [0.1, 0.15) is 0 Å². The zero-order valence-electron chi connectivity index (χ0n) is 9.77. The first-order valence-corrected chi connectivity index (χ1v) is 8.16. The SMILES string of the molecule is NC1CCCC(S(=O)(=O)c2cc(Cl)ccc2Cl)C1. The Hall–Kier alpha value is -0.290. The molecule has 0 spiro atoms. The van der Waals surface area contributed by atoms with E-state index in [1.54, 1.807) is 6.07 Å². The fourth-order valence-corrected chi connectivity index (χ4v) is 4.98. The van der Waals surface area contributed by atoms with Crippen molar-refractivity contribution < 1.29 is 8.42 Å². The van der Waals surface area contributed by atoms with Crippen LogP contribution in [0.5, 0.6) is 0 Å². The molecular weight excluding hydrogens is 293 g/mol. The standard InChI is InChI=1S/C12H15Cl2NO2S/c13-8-4-5-11(14)12(6-8)18(16,17)10-3-1-2-9(15)7-10/h4-6,9-10H,1-3,7,15H2. The molecule has 3 nitrogen and oxygen atoms in total. The van der Waals surface area contributed by atoms with Crippen LogP contribution in [0.1, 0.15) is 25.7 Å². The van der Waals surface area contributed by atoms with E-state index in [1.807, 2.05) is 0 Å². The topological polar surface area (TPSA) is 60.2 Å². The van der Waals surface area contributed by atoms with Crippen LogP contribution >= 0.6 is 23.2 Å². The van der Waals surface area contributed by atoms with Crippen LogP contribution < -0.4 is 5.73 Å². The van der Waals surface area contributed by atoms with Crippen LogP contribution in [-0.4, -0.2) is 19.7 Å². The molecule has 1 aliphatic rings. The minimum atomic E-state index is -3.44. The van der Waals surface area contributed by atoms with Gasteiger partial charge in [0.25, 0.3) is 0 Å². The molecule has 1 aromatic carbocycles. The lowest BCUT2D eigenvalue weighted by Crippen LogP contribution is -2.35. The second kappa shape index (κ2) is 5.37. The lowest BCUT2D eigenvalue weighted by molar-refractivity contribution is 0.433. The molecule has 100 valence electrons. The molecule has 1 fully saturated rings. The number of sulfone groups is 1. The molecule has 1 aromatic rings. The molecule has 18 heavy (non-hydrogen) atoms. The Morgan fingerprint density at radius 1 is 1.22 bits per heavy atom. The number of nitrogens with two attached hydrogens (primary N) is 1. The zero-order valence-corrected chi connectivity index (χ0v) is 12.1. The second-order valence-corrected chi connectivity index (χ2v) is 7.71. The number of benzene rings is 1. The summed E-state index contributed by atoms with van der Waals surface area (Å²) in [5, 5.41) is 0.147. The molecular formula is C12H15Cl2NO2S. The highest BCUT2D eigenvalue weighted by molar-refractivity contribution is 7.92. The maximum atomic E-state index is 12.5. The maximum absolute atomic E-state index is 12.5. The summed E-state index contributed by atoms with van der Waals surface area (Å²) in [7, 11) is -3.44. The van der Waals surface area contributed by atoms with Crippen LogP contribution in [0.3, 0.4) is 0 Å². The highest BCUT2D eigenvalue weighted by atomic mass is 35.5. The molecule has 2 N–H and O–H groups in total. The molecule has 2 atom stereocenters. The van der Waals surface area contributed by atoms with Gasteiger partial charge in [0.05, 0.1) is 15.2 Å². The Kier molecular flexibility index (Phi) is 4.22. The summed E-state index contributed by atoms with van der Waals surface area (Å²) in [5.41, 5.74) is 5.84. The molecule has 0 saturated heterocycles. The van der Waals surface area contributed by atoms with Gasteiger partial charge in [-0.25, -0.2) is 8.42 Å². The maximum Gasteiger partial charge on any atom is 0.182 e. The third-order valence-electron chi connectivity index (χ3n) is 3.31. The Morgan fingerprint density at radius 3 is 2.61 bits per heavy atom. The van der Waals surface area contributed by atoms with E-state index in [4.69, 9.17) is 28.9 Å². The first-order chi connectivity index (χ1) is 8.41. The zero-order chi connectivity index (χ0) is 13.3. The van der Waals surface area contributed by atoms with E-state index in [2.05, 4.69) is 0 Å². The van der Waals surface area contributed by atoms with Gasteiger partial charge in [-0.2, -0.15) is 0 Å². The number of hydrogen-bond donors (Lipinski definition) is 1. The van der Waals surface area contributed by atoms with Gasteiger partial charge in [-0.15, -0.1) is 0 Å². The van der Waals surface area contributed by atoms with E-state index in [-0.39, 0.29) is 16.0 Å². The van der Waals surface area contributed by atoms with Crippen LogP contribution in [0.2, 0.25) is 10.0 Å². The van der Waals surface area contributed by atoms with E-state index >= 15 is 0 Å². The predicted molar refractivity (Wildman–Crippen MR) is 73.9 cm³/mol. The lowest BCUT2D eigenvalue weighted by Gasteiger charge is -2.26. The van der Waals surface area contributed by atoms with Crippen molar-refractivity contribution in [2.75, 3.05) is 0 Å². The van der Waals surface area contributed by atoms with E-state index < -0.39 is 15.1 Å². The monoisotopic (exact) mass is 307 g/mol. The minimum Gasteiger partial charge on any atom is -0.328 e. The van der Waals surface area contributed by atoms with Crippen molar-refractivity contribution in [2.45, 2.75) is 41.9 Å². The summed E-state index contributed by atoms with van der Waals surface area (Å²) in [4.78, 5) is 0.121. The number of halogens is 2. The summed E-state index contributed by atoms with van der Waals surface area (Å²) >= 11 is 11.8. The Morgan fingerprint density at radius 2 is 1.94 bits per heavy atom. The van der Waals surface area contributed by atoms with Crippen molar-refractivity contribution in [3.05, 3.63) is 28.2 Å². The predicted octanol–water partition coefficient (Wildman–Crippen LogP) is 3.04. The molecule has 0 aliphatic heterocycles. The fraction of sp³-hybridized carbons (Fsp3) is 0.500. The smallest absolute Gasteiger partial charge is 0.182 e. The molecule has 1 saturated carbocycles. The molecule has 6 heteroatoms. The Balaban J connectivity index is 2.38. The van der Waals surface area contributed by atoms with Crippen molar-refractivity contribution in [2.24, 2.45) is 5.73 Å². The van der Waals surface area contributed by atoms with E-state index in [9.17, 15) is 8.42 Å². The van der Waals surface area contributed by atoms with Gasteiger partial charge in [-0.1, -0.05) is 29.6 Å². The third-order valence-corrected chi connectivity index (χ3v) is 6.24. The summed E-state index contributed by atoms with van der Waals surface area (Å²) in [5.74, 6) is 0. The van der Waals surface area contributed by atoms with Crippen LogP contribution in [-0.2, 0) is 9.84 Å². The van der Waals surface area contributed by atoms with E-state index in [1.165, 1.54) is 12.1 Å². The van der Waals surface area contributed by atoms with Crippen molar-refractivity contribution in [3.63, 3.8) is 0 Å². The first kappa shape index (κ1) is 14.1. The van der Waals surface area contributed by atoms with Crippen molar-refractivity contribution in [3.8, 4) is 0 Å². The lowest BCUT2D eigenvalue weighted by atomic mass is 9.96. The van der Waals surface area contributed by atoms with Crippen LogP contribution in [0.25, 0.3) is 0 Å². The van der Waals surface area contributed by atoms with Gasteiger partial charge in [-0.05, 0) is 37.5 Å². The quantitative estimate of drug-likeness (QED) is 0.913. The van der Waals surface area contributed by atoms with Crippen LogP contribution in [0.4, 0.5) is 0 Å². The van der Waals surface area contributed by atoms with E-state index in [0.717, 1.165) is 12.8 Å². The minimum absolute atomic E-state index is 0.0449.